The van der Waals surface area contributed by atoms with Gasteiger partial charge in [-0.25, -0.2) is 9.78 Å². The van der Waals surface area contributed by atoms with Crippen LogP contribution in [0.4, 0.5) is 0 Å². The van der Waals surface area contributed by atoms with E-state index in [9.17, 15) is 4.79 Å². The highest BCUT2D eigenvalue weighted by Crippen LogP contribution is 2.22. The summed E-state index contributed by atoms with van der Waals surface area (Å²) < 4.78 is 15.7. The minimum atomic E-state index is -0.511. The van der Waals surface area contributed by atoms with Gasteiger partial charge in [-0.15, -0.1) is 0 Å². The smallest absolute Gasteiger partial charge is 0.357 e. The van der Waals surface area contributed by atoms with E-state index in [1.54, 1.807) is 19.2 Å². The molecular formula is C21H16N2O4. The molecule has 0 fully saturated rings. The Morgan fingerprint density at radius 1 is 1.04 bits per heavy atom. The quantitative estimate of drug-likeness (QED) is 0.495. The molecule has 0 aliphatic carbocycles. The van der Waals surface area contributed by atoms with Crippen LogP contribution in [0.3, 0.4) is 0 Å². The van der Waals surface area contributed by atoms with E-state index in [0.29, 0.717) is 11.5 Å². The lowest BCUT2D eigenvalue weighted by Gasteiger charge is -2.03. The topological polar surface area (TPSA) is 74.5 Å². The molecule has 0 bridgehead atoms. The number of pyridine rings is 1. The molecular weight excluding hydrogens is 344 g/mol. The van der Waals surface area contributed by atoms with Crippen LogP contribution in [0.2, 0.25) is 0 Å². The lowest BCUT2D eigenvalue weighted by molar-refractivity contribution is 0.0431. The summed E-state index contributed by atoms with van der Waals surface area (Å²) in [6.45, 7) is -0.0174. The molecule has 0 amide bonds. The van der Waals surface area contributed by atoms with Crippen molar-refractivity contribution >= 4 is 16.9 Å². The Bertz CT molecular complexity index is 1090. The first-order valence-corrected chi connectivity index (χ1v) is 8.36. The zero-order valence-corrected chi connectivity index (χ0v) is 14.6. The van der Waals surface area contributed by atoms with E-state index in [2.05, 4.69) is 10.1 Å². The van der Waals surface area contributed by atoms with E-state index in [1.807, 2.05) is 54.6 Å². The highest BCUT2D eigenvalue weighted by Gasteiger charge is 2.13. The van der Waals surface area contributed by atoms with Crippen molar-refractivity contribution in [2.45, 2.75) is 6.61 Å². The van der Waals surface area contributed by atoms with Crippen molar-refractivity contribution in [3.05, 3.63) is 78.2 Å². The second-order valence-corrected chi connectivity index (χ2v) is 5.87. The second kappa shape index (κ2) is 7.29. The van der Waals surface area contributed by atoms with Gasteiger partial charge in [0.1, 0.15) is 17.1 Å². The SMILES string of the molecule is COc1ccc(-c2cc(COC(=O)c3ccc4ccccc4n3)on2)cc1. The fraction of sp³-hybridized carbons (Fsp3) is 0.0952. The first-order chi connectivity index (χ1) is 13.2. The minimum Gasteiger partial charge on any atom is -0.497 e. The van der Waals surface area contributed by atoms with Gasteiger partial charge in [-0.1, -0.05) is 29.4 Å². The van der Waals surface area contributed by atoms with Gasteiger partial charge in [0.05, 0.1) is 12.6 Å². The van der Waals surface area contributed by atoms with Gasteiger partial charge >= 0.3 is 5.97 Å². The van der Waals surface area contributed by atoms with E-state index < -0.39 is 5.97 Å². The van der Waals surface area contributed by atoms with Crippen LogP contribution in [0.1, 0.15) is 16.2 Å². The third-order valence-electron chi connectivity index (χ3n) is 4.10. The van der Waals surface area contributed by atoms with Crippen molar-refractivity contribution < 1.29 is 18.8 Å². The van der Waals surface area contributed by atoms with E-state index in [4.69, 9.17) is 14.0 Å². The van der Waals surface area contributed by atoms with Gasteiger partial charge in [0.25, 0.3) is 0 Å². The van der Waals surface area contributed by atoms with Gasteiger partial charge in [-0.05, 0) is 36.4 Å². The summed E-state index contributed by atoms with van der Waals surface area (Å²) in [5, 5.41) is 4.98. The lowest BCUT2D eigenvalue weighted by atomic mass is 10.1. The molecule has 4 rings (SSSR count). The Labute approximate surface area is 155 Å². The summed E-state index contributed by atoms with van der Waals surface area (Å²) >= 11 is 0. The molecule has 0 atom stereocenters. The third kappa shape index (κ3) is 3.64. The van der Waals surface area contributed by atoms with Crippen molar-refractivity contribution in [3.63, 3.8) is 0 Å². The van der Waals surface area contributed by atoms with Crippen LogP contribution in [-0.2, 0) is 11.3 Å². The van der Waals surface area contributed by atoms with Gasteiger partial charge < -0.3 is 14.0 Å². The molecule has 2 aromatic carbocycles. The molecule has 0 spiro atoms. The third-order valence-corrected chi connectivity index (χ3v) is 4.10. The number of ether oxygens (including phenoxy) is 2. The second-order valence-electron chi connectivity index (χ2n) is 5.87. The Hall–Kier alpha value is -3.67. The van der Waals surface area contributed by atoms with Crippen LogP contribution in [-0.4, -0.2) is 23.2 Å². The van der Waals surface area contributed by atoms with E-state index in [1.165, 1.54) is 0 Å². The maximum absolute atomic E-state index is 12.2. The van der Waals surface area contributed by atoms with Crippen molar-refractivity contribution in [3.8, 4) is 17.0 Å². The van der Waals surface area contributed by atoms with Gasteiger partial charge in [0, 0.05) is 17.0 Å². The molecule has 0 saturated carbocycles. The van der Waals surface area contributed by atoms with Crippen molar-refractivity contribution in [1.82, 2.24) is 10.1 Å². The van der Waals surface area contributed by atoms with Crippen LogP contribution in [0.25, 0.3) is 22.2 Å². The lowest BCUT2D eigenvalue weighted by Crippen LogP contribution is -2.07. The number of para-hydroxylation sites is 1. The molecule has 27 heavy (non-hydrogen) atoms. The molecule has 4 aromatic rings. The average Bonchev–Trinajstić information content (AvgIpc) is 3.21. The number of esters is 1. The van der Waals surface area contributed by atoms with E-state index in [-0.39, 0.29) is 12.3 Å². The normalized spacial score (nSPS) is 10.7. The van der Waals surface area contributed by atoms with Crippen LogP contribution >= 0.6 is 0 Å². The molecule has 0 aliphatic rings. The zero-order chi connectivity index (χ0) is 18.6. The first-order valence-electron chi connectivity index (χ1n) is 8.36. The zero-order valence-electron chi connectivity index (χ0n) is 14.6. The number of fused-ring (bicyclic) bond motifs is 1. The number of carbonyl (C=O) groups is 1. The maximum atomic E-state index is 12.2. The fourth-order valence-electron chi connectivity index (χ4n) is 2.67. The standard InChI is InChI=1S/C21H16N2O4/c1-25-16-9-6-15(7-10-16)20-12-17(27-23-20)13-26-21(24)19-11-8-14-4-2-3-5-18(14)22-19/h2-12H,13H2,1H3. The van der Waals surface area contributed by atoms with E-state index in [0.717, 1.165) is 22.2 Å². The summed E-state index contributed by atoms with van der Waals surface area (Å²) in [6, 6.07) is 20.3. The first kappa shape index (κ1) is 16.8. The number of nitrogens with zero attached hydrogens (tertiary/aromatic N) is 2. The molecule has 0 radical (unpaired) electrons. The van der Waals surface area contributed by atoms with E-state index >= 15 is 0 Å². The van der Waals surface area contributed by atoms with Crippen LogP contribution in [0, 0.1) is 0 Å². The molecule has 0 N–H and O–H groups in total. The number of carbonyl (C=O) groups excluding carboxylic acids is 1. The molecule has 6 nitrogen and oxygen atoms in total. The van der Waals surface area contributed by atoms with Crippen LogP contribution < -0.4 is 4.74 Å². The summed E-state index contributed by atoms with van der Waals surface area (Å²) in [5.74, 6) is 0.706. The van der Waals surface area contributed by atoms with Crippen molar-refractivity contribution in [1.29, 1.82) is 0 Å². The number of rotatable bonds is 5. The number of hydrogen-bond donors (Lipinski definition) is 0. The van der Waals surface area contributed by atoms with Gasteiger partial charge in [-0.3, -0.25) is 0 Å². The summed E-state index contributed by atoms with van der Waals surface area (Å²) in [4.78, 5) is 16.6. The Morgan fingerprint density at radius 3 is 2.67 bits per heavy atom. The Balaban J connectivity index is 1.43. The summed E-state index contributed by atoms with van der Waals surface area (Å²) in [6.07, 6.45) is 0. The van der Waals surface area contributed by atoms with Crippen molar-refractivity contribution in [2.24, 2.45) is 0 Å². The minimum absolute atomic E-state index is 0.0174. The number of hydrogen-bond acceptors (Lipinski definition) is 6. The van der Waals surface area contributed by atoms with Gasteiger partial charge in [0.2, 0.25) is 0 Å². The molecule has 2 aromatic heterocycles. The average molecular weight is 360 g/mol. The monoisotopic (exact) mass is 360 g/mol. The molecule has 134 valence electrons. The maximum Gasteiger partial charge on any atom is 0.357 e. The van der Waals surface area contributed by atoms with Crippen LogP contribution in [0.5, 0.6) is 5.75 Å². The van der Waals surface area contributed by atoms with Crippen LogP contribution in [0.15, 0.2) is 71.3 Å². The number of aromatic nitrogens is 2. The number of methoxy groups -OCH3 is 1. The molecule has 2 heterocycles. The van der Waals surface area contributed by atoms with Gasteiger partial charge in [0.15, 0.2) is 12.4 Å². The number of benzene rings is 2. The molecule has 0 saturated heterocycles. The summed E-state index contributed by atoms with van der Waals surface area (Å²) in [7, 11) is 1.61. The van der Waals surface area contributed by atoms with Gasteiger partial charge in [-0.2, -0.15) is 0 Å². The Morgan fingerprint density at radius 2 is 1.85 bits per heavy atom. The fourth-order valence-corrected chi connectivity index (χ4v) is 2.67. The highest BCUT2D eigenvalue weighted by atomic mass is 16.5. The predicted molar refractivity (Wildman–Crippen MR) is 99.4 cm³/mol. The largest absolute Gasteiger partial charge is 0.497 e. The Kier molecular flexibility index (Phi) is 4.53. The molecule has 6 heteroatoms. The highest BCUT2D eigenvalue weighted by molar-refractivity contribution is 5.91. The van der Waals surface area contributed by atoms with Crippen molar-refractivity contribution in [2.75, 3.05) is 7.11 Å². The molecule has 0 aliphatic heterocycles. The predicted octanol–water partition coefficient (Wildman–Crippen LogP) is 4.26. The molecule has 0 unspecified atom stereocenters. The summed E-state index contributed by atoms with van der Waals surface area (Å²) in [5.41, 5.74) is 2.54.